The maximum atomic E-state index is 13.2. The van der Waals surface area contributed by atoms with Crippen LogP contribution in [0, 0.1) is 0 Å². The smallest absolute Gasteiger partial charge is 0.352 e. The largest absolute Gasteiger partial charge is 0.477 e. The minimum absolute atomic E-state index is 0.212. The molecule has 2 heterocycles. The molecule has 0 saturated heterocycles. The van der Waals surface area contributed by atoms with Gasteiger partial charge in [-0.1, -0.05) is 36.4 Å². The van der Waals surface area contributed by atoms with Gasteiger partial charge < -0.3 is 20.2 Å². The Morgan fingerprint density at radius 3 is 1.24 bits per heavy atom. The Hall–Kier alpha value is -4.86. The molecule has 1 saturated carbocycles. The van der Waals surface area contributed by atoms with Gasteiger partial charge in [-0.05, 0) is 12.1 Å². The molecule has 168 valence electrons. The van der Waals surface area contributed by atoms with Gasteiger partial charge in [0.15, 0.2) is 0 Å². The fourth-order valence-electron chi connectivity index (χ4n) is 4.60. The maximum Gasteiger partial charge on any atom is 0.352 e. The van der Waals surface area contributed by atoms with Gasteiger partial charge in [0.2, 0.25) is 23.1 Å². The molecule has 4 aromatic rings. The number of nitrogens with one attached hydrogen (secondary N) is 2. The van der Waals surface area contributed by atoms with Crippen LogP contribution >= 0.6 is 0 Å². The molecule has 0 spiro atoms. The summed E-state index contributed by atoms with van der Waals surface area (Å²) in [6, 6.07) is 12.3. The van der Waals surface area contributed by atoms with E-state index in [0.29, 0.717) is 11.0 Å². The number of aromatic amines is 2. The van der Waals surface area contributed by atoms with Crippen molar-refractivity contribution in [1.29, 1.82) is 0 Å². The van der Waals surface area contributed by atoms with Crippen molar-refractivity contribution < 1.29 is 39.0 Å². The predicted octanol–water partition coefficient (Wildman–Crippen LogP) is 2.20. The van der Waals surface area contributed by atoms with Gasteiger partial charge >= 0.3 is 11.9 Å². The molecule has 2 aromatic carbocycles. The van der Waals surface area contributed by atoms with E-state index in [9.17, 15) is 39.0 Å². The summed E-state index contributed by atoms with van der Waals surface area (Å²) in [7, 11) is 0. The number of ketones is 4. The Labute approximate surface area is 189 Å². The molecule has 1 aliphatic rings. The number of carbonyl (C=O) groups excluding carboxylic acids is 4. The molecule has 5 rings (SSSR count). The molecule has 1 fully saturated rings. The first-order valence-electron chi connectivity index (χ1n) is 10.1. The lowest BCUT2D eigenvalue weighted by Crippen LogP contribution is -2.46. The average molecular weight is 458 g/mol. The number of para-hydroxylation sites is 2. The van der Waals surface area contributed by atoms with Crippen LogP contribution in [0.25, 0.3) is 21.8 Å². The van der Waals surface area contributed by atoms with E-state index in [2.05, 4.69) is 9.97 Å². The number of carboxylic acids is 2. The molecule has 10 heteroatoms. The van der Waals surface area contributed by atoms with Crippen molar-refractivity contribution in [2.24, 2.45) is 0 Å². The second kappa shape index (κ2) is 7.34. The van der Waals surface area contributed by atoms with Crippen LogP contribution < -0.4 is 0 Å². The van der Waals surface area contributed by atoms with E-state index in [1.807, 2.05) is 0 Å². The molecule has 0 aliphatic heterocycles. The standard InChI is InChI=1S/C24H14N2O8/c27-19-15(13-9-5-1-3-7-11(9)25-17(13)23(31)32)20(28)22(30)16(21(19)29)14-10-6-2-4-8-12(10)26-18(14)24(33)34/h1-8,15-16,25-26H,(H,31,32)(H,33,34). The minimum Gasteiger partial charge on any atom is -0.477 e. The molecule has 4 N–H and O–H groups in total. The number of hydrogen-bond acceptors (Lipinski definition) is 6. The van der Waals surface area contributed by atoms with Crippen molar-refractivity contribution in [3.63, 3.8) is 0 Å². The van der Waals surface area contributed by atoms with Crippen molar-refractivity contribution in [1.82, 2.24) is 9.97 Å². The Morgan fingerprint density at radius 1 is 0.588 bits per heavy atom. The number of aromatic nitrogens is 2. The van der Waals surface area contributed by atoms with E-state index in [-0.39, 0.29) is 21.9 Å². The third-order valence-corrected chi connectivity index (χ3v) is 6.03. The van der Waals surface area contributed by atoms with Gasteiger partial charge in [-0.25, -0.2) is 9.59 Å². The Kier molecular flexibility index (Phi) is 4.54. The molecule has 0 amide bonds. The van der Waals surface area contributed by atoms with Crippen molar-refractivity contribution in [3.05, 3.63) is 71.0 Å². The summed E-state index contributed by atoms with van der Waals surface area (Å²) in [6.07, 6.45) is 0. The lowest BCUT2D eigenvalue weighted by Gasteiger charge is -2.24. The molecule has 0 atom stereocenters. The lowest BCUT2D eigenvalue weighted by molar-refractivity contribution is -0.150. The van der Waals surface area contributed by atoms with Gasteiger partial charge in [0.05, 0.1) is 0 Å². The van der Waals surface area contributed by atoms with Gasteiger partial charge in [0.25, 0.3) is 0 Å². The van der Waals surface area contributed by atoms with Crippen molar-refractivity contribution in [2.75, 3.05) is 0 Å². The van der Waals surface area contributed by atoms with Crippen molar-refractivity contribution in [3.8, 4) is 0 Å². The van der Waals surface area contributed by atoms with Crippen LogP contribution in [-0.4, -0.2) is 55.3 Å². The number of aromatic carboxylic acids is 2. The number of benzene rings is 2. The van der Waals surface area contributed by atoms with Crippen molar-refractivity contribution >= 4 is 56.9 Å². The van der Waals surface area contributed by atoms with Crippen LogP contribution in [0.4, 0.5) is 0 Å². The topological polar surface area (TPSA) is 174 Å². The zero-order chi connectivity index (χ0) is 24.3. The van der Waals surface area contributed by atoms with Gasteiger partial charge in [-0.3, -0.25) is 19.2 Å². The van der Waals surface area contributed by atoms with E-state index in [0.717, 1.165) is 0 Å². The van der Waals surface area contributed by atoms with Crippen LogP contribution in [0.15, 0.2) is 48.5 Å². The van der Waals surface area contributed by atoms with Crippen LogP contribution in [-0.2, 0) is 19.2 Å². The molecule has 1 aliphatic carbocycles. The summed E-state index contributed by atoms with van der Waals surface area (Å²) in [5.41, 5.74) is -0.883. The highest BCUT2D eigenvalue weighted by Crippen LogP contribution is 2.40. The molecular formula is C24H14N2O8. The summed E-state index contributed by atoms with van der Waals surface area (Å²) in [5.74, 6) is -11.9. The van der Waals surface area contributed by atoms with E-state index in [4.69, 9.17) is 0 Å². The second-order valence-electron chi connectivity index (χ2n) is 7.85. The molecular weight excluding hydrogens is 444 g/mol. The fourth-order valence-corrected chi connectivity index (χ4v) is 4.60. The highest BCUT2D eigenvalue weighted by atomic mass is 16.4. The van der Waals surface area contributed by atoms with Crippen LogP contribution in [0.3, 0.4) is 0 Å². The number of Topliss-reactive ketones (excluding diaryl/α,β-unsaturated/α-hetero) is 4. The number of fused-ring (bicyclic) bond motifs is 2. The Bertz CT molecular complexity index is 1460. The third kappa shape index (κ3) is 2.82. The highest BCUT2D eigenvalue weighted by Gasteiger charge is 2.53. The van der Waals surface area contributed by atoms with Gasteiger partial charge in [-0.2, -0.15) is 0 Å². The number of carboxylic acid groups (broad SMARTS) is 2. The Balaban J connectivity index is 1.71. The van der Waals surface area contributed by atoms with Gasteiger partial charge in [0, 0.05) is 32.9 Å². The molecule has 34 heavy (non-hydrogen) atoms. The lowest BCUT2D eigenvalue weighted by atomic mass is 9.71. The fraction of sp³-hybridized carbons (Fsp3) is 0.0833. The van der Waals surface area contributed by atoms with Crippen LogP contribution in [0.5, 0.6) is 0 Å². The van der Waals surface area contributed by atoms with Crippen LogP contribution in [0.2, 0.25) is 0 Å². The number of carbonyl (C=O) groups is 6. The summed E-state index contributed by atoms with van der Waals surface area (Å²) >= 11 is 0. The zero-order valence-corrected chi connectivity index (χ0v) is 17.1. The SMILES string of the molecule is O=C(O)c1[nH]c2ccccc2c1C1C(=O)C(=O)C(c2c(C(=O)O)[nH]c3ccccc23)C(=O)C1=O. The third-order valence-electron chi connectivity index (χ3n) is 6.03. The van der Waals surface area contributed by atoms with E-state index < -0.39 is 58.3 Å². The molecule has 2 aromatic heterocycles. The molecule has 10 nitrogen and oxygen atoms in total. The van der Waals surface area contributed by atoms with Crippen molar-refractivity contribution in [2.45, 2.75) is 11.8 Å². The number of hydrogen-bond donors (Lipinski definition) is 4. The maximum absolute atomic E-state index is 13.2. The second-order valence-corrected chi connectivity index (χ2v) is 7.85. The number of rotatable bonds is 4. The first-order chi connectivity index (χ1) is 16.2. The molecule has 0 bridgehead atoms. The normalized spacial score (nSPS) is 18.7. The zero-order valence-electron chi connectivity index (χ0n) is 17.1. The summed E-state index contributed by atoms with van der Waals surface area (Å²) in [5, 5.41) is 19.7. The van der Waals surface area contributed by atoms with Gasteiger partial charge in [0.1, 0.15) is 23.2 Å². The predicted molar refractivity (Wildman–Crippen MR) is 116 cm³/mol. The van der Waals surface area contributed by atoms with E-state index in [1.165, 1.54) is 24.3 Å². The summed E-state index contributed by atoms with van der Waals surface area (Å²) in [4.78, 5) is 81.8. The summed E-state index contributed by atoms with van der Waals surface area (Å²) < 4.78 is 0. The quantitative estimate of drug-likeness (QED) is 0.266. The van der Waals surface area contributed by atoms with E-state index in [1.54, 1.807) is 24.3 Å². The summed E-state index contributed by atoms with van der Waals surface area (Å²) in [6.45, 7) is 0. The highest BCUT2D eigenvalue weighted by molar-refractivity contribution is 6.64. The van der Waals surface area contributed by atoms with Crippen LogP contribution in [0.1, 0.15) is 43.9 Å². The minimum atomic E-state index is -1.95. The first kappa shape index (κ1) is 21.0. The number of H-pyrrole nitrogens is 2. The van der Waals surface area contributed by atoms with Gasteiger partial charge in [-0.15, -0.1) is 0 Å². The Morgan fingerprint density at radius 2 is 0.912 bits per heavy atom. The average Bonchev–Trinajstić information content (AvgIpc) is 3.38. The molecule has 0 unspecified atom stereocenters. The monoisotopic (exact) mass is 458 g/mol. The van der Waals surface area contributed by atoms with E-state index >= 15 is 0 Å². The molecule has 0 radical (unpaired) electrons. The first-order valence-corrected chi connectivity index (χ1v) is 10.1.